The Kier molecular flexibility index (Phi) is 6.72. The summed E-state index contributed by atoms with van der Waals surface area (Å²) in [5.41, 5.74) is 2.30. The molecule has 0 amide bonds. The molecule has 8 nitrogen and oxygen atoms in total. The third-order valence-corrected chi connectivity index (χ3v) is 11.4. The Morgan fingerprint density at radius 3 is 2.67 bits per heavy atom. The minimum atomic E-state index is -0.475. The molecule has 46 heavy (non-hydrogen) atoms. The predicted octanol–water partition coefficient (Wildman–Crippen LogP) is 7.01. The summed E-state index contributed by atoms with van der Waals surface area (Å²) in [5, 5.41) is 7.32. The van der Waals surface area contributed by atoms with Gasteiger partial charge in [-0.2, -0.15) is 15.1 Å². The standard InChI is InChI=1S/C36H37ClFN7O/c1-43-19-26(15-40-43)25-14-36(11-4-12-45(36)20-25)21-46-35-41-33-28(34(42-35)44-17-22-9-10-23(13-22)18-44)16-39-32(31(33)38)27-7-2-5-24-6-3-8-29(37)30(24)27/h2-3,5-8,15-16,19,22-23,25H,4,9-14,17-18,20-21H2,1H3/t22?,23?,25-,36-/m1/s1. The Morgan fingerprint density at radius 1 is 1.04 bits per heavy atom. The highest BCUT2D eigenvalue weighted by molar-refractivity contribution is 6.36. The number of aryl methyl sites for hydroxylation is 1. The Morgan fingerprint density at radius 2 is 1.87 bits per heavy atom. The zero-order valence-corrected chi connectivity index (χ0v) is 26.8. The first-order valence-electron chi connectivity index (χ1n) is 16.6. The van der Waals surface area contributed by atoms with Crippen molar-refractivity contribution in [3.05, 3.63) is 71.4 Å². The molecule has 2 aromatic carbocycles. The number of halogens is 2. The van der Waals surface area contributed by atoms with Crippen molar-refractivity contribution in [2.45, 2.75) is 50.0 Å². The van der Waals surface area contributed by atoms with Crippen LogP contribution in [0.3, 0.4) is 0 Å². The number of benzene rings is 2. The van der Waals surface area contributed by atoms with Gasteiger partial charge in [-0.3, -0.25) is 14.6 Å². The van der Waals surface area contributed by atoms with E-state index in [1.807, 2.05) is 54.3 Å². The van der Waals surface area contributed by atoms with Crippen LogP contribution in [0.15, 0.2) is 55.0 Å². The summed E-state index contributed by atoms with van der Waals surface area (Å²) in [6, 6.07) is 11.7. The minimum Gasteiger partial charge on any atom is -0.461 e. The van der Waals surface area contributed by atoms with Crippen LogP contribution in [0, 0.1) is 17.7 Å². The molecule has 3 aromatic heterocycles. The zero-order chi connectivity index (χ0) is 31.0. The molecular weight excluding hydrogens is 601 g/mol. The van der Waals surface area contributed by atoms with Crippen LogP contribution < -0.4 is 9.64 Å². The summed E-state index contributed by atoms with van der Waals surface area (Å²) in [4.78, 5) is 19.4. The minimum absolute atomic E-state index is 0.0924. The number of fused-ring (bicyclic) bond motifs is 5. The average molecular weight is 638 g/mol. The van der Waals surface area contributed by atoms with Crippen molar-refractivity contribution in [3.63, 3.8) is 0 Å². The number of hydrogen-bond donors (Lipinski definition) is 0. The van der Waals surface area contributed by atoms with E-state index in [1.165, 1.54) is 24.8 Å². The lowest BCUT2D eigenvalue weighted by Crippen LogP contribution is -2.43. The van der Waals surface area contributed by atoms with Crippen molar-refractivity contribution in [1.29, 1.82) is 0 Å². The molecule has 236 valence electrons. The predicted molar refractivity (Wildman–Crippen MR) is 178 cm³/mol. The number of nitrogens with zero attached hydrogens (tertiary/aromatic N) is 7. The van der Waals surface area contributed by atoms with Crippen LogP contribution in [0.5, 0.6) is 6.01 Å². The maximum absolute atomic E-state index is 16.8. The van der Waals surface area contributed by atoms with Gasteiger partial charge in [-0.25, -0.2) is 4.39 Å². The molecule has 1 aliphatic carbocycles. The van der Waals surface area contributed by atoms with E-state index in [-0.39, 0.29) is 22.8 Å². The molecule has 4 aliphatic rings. The normalized spacial score (nSPS) is 26.0. The molecule has 3 aliphatic heterocycles. The van der Waals surface area contributed by atoms with Crippen LogP contribution in [-0.2, 0) is 7.05 Å². The fourth-order valence-corrected chi connectivity index (χ4v) is 9.27. The van der Waals surface area contributed by atoms with E-state index in [4.69, 9.17) is 31.3 Å². The van der Waals surface area contributed by atoms with E-state index in [0.29, 0.717) is 40.3 Å². The maximum Gasteiger partial charge on any atom is 0.319 e. The van der Waals surface area contributed by atoms with E-state index >= 15 is 4.39 Å². The Balaban J connectivity index is 1.12. The van der Waals surface area contributed by atoms with Crippen molar-refractivity contribution in [1.82, 2.24) is 29.6 Å². The van der Waals surface area contributed by atoms with Gasteiger partial charge in [0.15, 0.2) is 5.82 Å². The first-order chi connectivity index (χ1) is 22.4. The SMILES string of the molecule is Cn1cc([C@H]2CN3CCC[C@]3(COc3nc(N4CC5CCC(C5)C4)c4cnc(-c5cccc6cccc(Cl)c56)c(F)c4n3)C2)cn1. The highest BCUT2D eigenvalue weighted by Gasteiger charge is 2.49. The molecule has 10 heteroatoms. The largest absolute Gasteiger partial charge is 0.461 e. The fourth-order valence-electron chi connectivity index (χ4n) is 8.98. The van der Waals surface area contributed by atoms with Gasteiger partial charge in [0.25, 0.3) is 0 Å². The molecule has 4 fully saturated rings. The summed E-state index contributed by atoms with van der Waals surface area (Å²) in [6.45, 7) is 4.34. The molecule has 0 radical (unpaired) electrons. The van der Waals surface area contributed by atoms with Crippen molar-refractivity contribution < 1.29 is 9.13 Å². The second-order valence-electron chi connectivity index (χ2n) is 14.0. The average Bonchev–Trinajstić information content (AvgIpc) is 3.83. The summed E-state index contributed by atoms with van der Waals surface area (Å²) in [6.07, 6.45) is 12.8. The zero-order valence-electron chi connectivity index (χ0n) is 26.0. The van der Waals surface area contributed by atoms with Gasteiger partial charge < -0.3 is 9.64 Å². The van der Waals surface area contributed by atoms with Gasteiger partial charge in [-0.05, 0) is 73.9 Å². The molecule has 2 bridgehead atoms. The van der Waals surface area contributed by atoms with Gasteiger partial charge in [-0.15, -0.1) is 0 Å². The van der Waals surface area contributed by atoms with Crippen molar-refractivity contribution in [2.75, 3.05) is 37.7 Å². The third-order valence-electron chi connectivity index (χ3n) is 11.1. The van der Waals surface area contributed by atoms with Crippen LogP contribution >= 0.6 is 11.6 Å². The number of aromatic nitrogens is 5. The lowest BCUT2D eigenvalue weighted by molar-refractivity contribution is 0.107. The van der Waals surface area contributed by atoms with Gasteiger partial charge in [0.1, 0.15) is 23.6 Å². The second-order valence-corrected chi connectivity index (χ2v) is 14.4. The number of rotatable bonds is 6. The summed E-state index contributed by atoms with van der Waals surface area (Å²) >= 11 is 6.65. The summed E-state index contributed by atoms with van der Waals surface area (Å²) in [5.74, 6) is 1.93. The monoisotopic (exact) mass is 637 g/mol. The fraction of sp³-hybridized carbons (Fsp3) is 0.444. The van der Waals surface area contributed by atoms with Crippen LogP contribution in [-0.4, -0.2) is 68.0 Å². The molecule has 4 atom stereocenters. The van der Waals surface area contributed by atoms with E-state index in [1.54, 1.807) is 6.20 Å². The number of ether oxygens (including phenoxy) is 1. The van der Waals surface area contributed by atoms with Crippen LogP contribution in [0.4, 0.5) is 10.2 Å². The number of anilines is 1. The molecule has 1 saturated carbocycles. The quantitative estimate of drug-likeness (QED) is 0.198. The topological polar surface area (TPSA) is 72.2 Å². The third kappa shape index (κ3) is 4.65. The molecule has 6 heterocycles. The van der Waals surface area contributed by atoms with Crippen molar-refractivity contribution >= 4 is 39.1 Å². The Bertz CT molecular complexity index is 1960. The van der Waals surface area contributed by atoms with E-state index in [0.717, 1.165) is 62.0 Å². The molecule has 3 saturated heterocycles. The number of pyridine rings is 1. The van der Waals surface area contributed by atoms with E-state index < -0.39 is 5.82 Å². The van der Waals surface area contributed by atoms with Crippen LogP contribution in [0.25, 0.3) is 32.9 Å². The Hall–Kier alpha value is -3.82. The number of hydrogen-bond acceptors (Lipinski definition) is 7. The van der Waals surface area contributed by atoms with Crippen LogP contribution in [0.2, 0.25) is 5.02 Å². The van der Waals surface area contributed by atoms with Gasteiger partial charge in [0.05, 0.1) is 17.1 Å². The lowest BCUT2D eigenvalue weighted by atomic mass is 9.88. The maximum atomic E-state index is 16.8. The molecule has 5 aromatic rings. The van der Waals surface area contributed by atoms with Gasteiger partial charge in [0, 0.05) is 61.0 Å². The highest BCUT2D eigenvalue weighted by atomic mass is 35.5. The Labute approximate surface area is 272 Å². The highest BCUT2D eigenvalue weighted by Crippen LogP contribution is 2.46. The second kappa shape index (κ2) is 10.9. The van der Waals surface area contributed by atoms with Crippen molar-refractivity contribution in [2.24, 2.45) is 18.9 Å². The van der Waals surface area contributed by atoms with Gasteiger partial charge in [-0.1, -0.05) is 41.9 Å². The van der Waals surface area contributed by atoms with Crippen LogP contribution in [0.1, 0.15) is 50.0 Å². The molecule has 2 unspecified atom stereocenters. The molecule has 0 spiro atoms. The lowest BCUT2D eigenvalue weighted by Gasteiger charge is -2.34. The van der Waals surface area contributed by atoms with Crippen molar-refractivity contribution in [3.8, 4) is 17.3 Å². The smallest absolute Gasteiger partial charge is 0.319 e. The number of piperidine rings is 1. The summed E-state index contributed by atoms with van der Waals surface area (Å²) < 4.78 is 25.3. The van der Waals surface area contributed by atoms with Gasteiger partial charge in [0.2, 0.25) is 0 Å². The summed E-state index contributed by atoms with van der Waals surface area (Å²) in [7, 11) is 1.97. The molecule has 9 rings (SSSR count). The molecule has 0 N–H and O–H groups in total. The first-order valence-corrected chi connectivity index (χ1v) is 17.0. The molecular formula is C36H37ClFN7O. The van der Waals surface area contributed by atoms with Gasteiger partial charge >= 0.3 is 6.01 Å². The van der Waals surface area contributed by atoms with E-state index in [9.17, 15) is 0 Å². The first kappa shape index (κ1) is 28.4. The van der Waals surface area contributed by atoms with E-state index in [2.05, 4.69) is 21.1 Å².